The quantitative estimate of drug-likeness (QED) is 0.381. The summed E-state index contributed by atoms with van der Waals surface area (Å²) in [6.07, 6.45) is 6.31. The third-order valence-electron chi connectivity index (χ3n) is 7.62. The van der Waals surface area contributed by atoms with E-state index in [-0.39, 0.29) is 24.3 Å². The number of hydrogen-bond acceptors (Lipinski definition) is 2. The van der Waals surface area contributed by atoms with Gasteiger partial charge in [-0.2, -0.15) is 0 Å². The van der Waals surface area contributed by atoms with Gasteiger partial charge in [0.15, 0.2) is 0 Å². The van der Waals surface area contributed by atoms with E-state index >= 15 is 0 Å². The van der Waals surface area contributed by atoms with Gasteiger partial charge in [0.05, 0.1) is 6.42 Å². The van der Waals surface area contributed by atoms with Crippen LogP contribution in [0.3, 0.4) is 0 Å². The van der Waals surface area contributed by atoms with E-state index in [1.54, 1.807) is 0 Å². The van der Waals surface area contributed by atoms with Crippen LogP contribution in [-0.4, -0.2) is 28.8 Å². The zero-order valence-corrected chi connectivity index (χ0v) is 22.5. The lowest BCUT2D eigenvalue weighted by molar-refractivity contribution is -0.141. The Kier molecular flexibility index (Phi) is 9.16. The fourth-order valence-electron chi connectivity index (χ4n) is 5.18. The number of benzene rings is 3. The van der Waals surface area contributed by atoms with Gasteiger partial charge in [-0.05, 0) is 61.4 Å². The van der Waals surface area contributed by atoms with Crippen LogP contribution < -0.4 is 5.32 Å². The minimum Gasteiger partial charge on any atom is -0.352 e. The van der Waals surface area contributed by atoms with Crippen LogP contribution in [0.25, 0.3) is 0 Å². The average Bonchev–Trinajstić information content (AvgIpc) is 2.90. The Hall–Kier alpha value is -3.40. The number of aryl methyl sites for hydroxylation is 3. The average molecular weight is 497 g/mol. The van der Waals surface area contributed by atoms with Gasteiger partial charge in [0.25, 0.3) is 0 Å². The molecule has 1 saturated carbocycles. The molecule has 0 heterocycles. The van der Waals surface area contributed by atoms with E-state index in [0.717, 1.165) is 42.4 Å². The molecule has 3 aromatic carbocycles. The lowest BCUT2D eigenvalue weighted by Crippen LogP contribution is -2.53. The van der Waals surface area contributed by atoms with E-state index in [4.69, 9.17) is 0 Å². The molecule has 0 bridgehead atoms. The second-order valence-electron chi connectivity index (χ2n) is 10.7. The van der Waals surface area contributed by atoms with Crippen molar-refractivity contribution in [1.29, 1.82) is 0 Å². The summed E-state index contributed by atoms with van der Waals surface area (Å²) in [4.78, 5) is 29.6. The number of carbonyl (C=O) groups is 2. The topological polar surface area (TPSA) is 49.4 Å². The monoisotopic (exact) mass is 496 g/mol. The maximum atomic E-state index is 14.0. The lowest BCUT2D eigenvalue weighted by Gasteiger charge is -2.33. The van der Waals surface area contributed by atoms with Gasteiger partial charge in [0, 0.05) is 19.0 Å². The highest BCUT2D eigenvalue weighted by molar-refractivity contribution is 5.89. The van der Waals surface area contributed by atoms with Gasteiger partial charge in [0.1, 0.15) is 6.04 Å². The van der Waals surface area contributed by atoms with Crippen molar-refractivity contribution in [2.75, 3.05) is 0 Å². The highest BCUT2D eigenvalue weighted by atomic mass is 16.2. The van der Waals surface area contributed by atoms with Crippen molar-refractivity contribution in [1.82, 2.24) is 10.2 Å². The number of nitrogens with zero attached hydrogens (tertiary/aromatic N) is 1. The SMILES string of the molecule is Cc1ccc(CN(C(=O)Cc2ccc(C)c(C)c2)[C@H](Cc2ccccc2)C(=O)NC2CCCCC2)cc1. The zero-order valence-electron chi connectivity index (χ0n) is 22.5. The summed E-state index contributed by atoms with van der Waals surface area (Å²) in [5.41, 5.74) is 6.62. The number of rotatable bonds is 9. The van der Waals surface area contributed by atoms with Crippen molar-refractivity contribution in [2.24, 2.45) is 0 Å². The van der Waals surface area contributed by atoms with E-state index in [2.05, 4.69) is 62.5 Å². The van der Waals surface area contributed by atoms with Crippen LogP contribution in [0.1, 0.15) is 65.5 Å². The molecule has 0 radical (unpaired) electrons. The molecule has 4 heteroatoms. The van der Waals surface area contributed by atoms with Crippen LogP contribution in [0.15, 0.2) is 72.8 Å². The summed E-state index contributed by atoms with van der Waals surface area (Å²) in [6.45, 7) is 6.61. The molecule has 0 aliphatic heterocycles. The molecule has 37 heavy (non-hydrogen) atoms. The molecule has 1 aliphatic rings. The van der Waals surface area contributed by atoms with Crippen molar-refractivity contribution in [3.05, 3.63) is 106 Å². The maximum Gasteiger partial charge on any atom is 0.243 e. The molecule has 4 rings (SSSR count). The van der Waals surface area contributed by atoms with Crippen molar-refractivity contribution in [3.8, 4) is 0 Å². The normalized spacial score (nSPS) is 14.7. The summed E-state index contributed by atoms with van der Waals surface area (Å²) in [5.74, 6) is -0.0696. The standard InChI is InChI=1S/C33H40N2O2/c1-24-14-17-28(18-15-24)23-35(32(36)22-29-19-16-25(2)26(3)20-29)31(21-27-10-6-4-7-11-27)33(37)34-30-12-8-5-9-13-30/h4,6-7,10-11,14-20,30-31H,5,8-9,12-13,21-23H2,1-3H3,(H,34,37)/t31-/m1/s1. The molecule has 0 saturated heterocycles. The second-order valence-corrected chi connectivity index (χ2v) is 10.7. The van der Waals surface area contributed by atoms with E-state index < -0.39 is 6.04 Å². The van der Waals surface area contributed by atoms with Gasteiger partial charge in [0.2, 0.25) is 11.8 Å². The molecule has 0 aromatic heterocycles. The predicted octanol–water partition coefficient (Wildman–Crippen LogP) is 6.24. The largest absolute Gasteiger partial charge is 0.352 e. The molecular weight excluding hydrogens is 456 g/mol. The molecule has 0 spiro atoms. The van der Waals surface area contributed by atoms with Crippen LogP contribution >= 0.6 is 0 Å². The van der Waals surface area contributed by atoms with Crippen LogP contribution in [0.2, 0.25) is 0 Å². The summed E-state index contributed by atoms with van der Waals surface area (Å²) in [7, 11) is 0. The van der Waals surface area contributed by atoms with Gasteiger partial charge in [-0.15, -0.1) is 0 Å². The third-order valence-corrected chi connectivity index (χ3v) is 7.62. The highest BCUT2D eigenvalue weighted by Crippen LogP contribution is 2.21. The van der Waals surface area contributed by atoms with E-state index in [1.807, 2.05) is 41.3 Å². The Labute approximate surface area is 222 Å². The van der Waals surface area contributed by atoms with E-state index in [0.29, 0.717) is 13.0 Å². The molecule has 1 fully saturated rings. The first-order valence-electron chi connectivity index (χ1n) is 13.6. The minimum absolute atomic E-state index is 0.0245. The minimum atomic E-state index is -0.579. The van der Waals surface area contributed by atoms with Crippen molar-refractivity contribution < 1.29 is 9.59 Å². The molecule has 2 amide bonds. The number of amides is 2. The van der Waals surface area contributed by atoms with Gasteiger partial charge in [-0.3, -0.25) is 9.59 Å². The Balaban J connectivity index is 1.65. The van der Waals surface area contributed by atoms with Crippen molar-refractivity contribution in [2.45, 2.75) is 84.3 Å². The maximum absolute atomic E-state index is 14.0. The molecule has 3 aromatic rings. The van der Waals surface area contributed by atoms with Crippen LogP contribution in [-0.2, 0) is 29.0 Å². The summed E-state index contributed by atoms with van der Waals surface area (Å²) in [5, 5.41) is 3.32. The Bertz CT molecular complexity index is 1180. The Morgan fingerprint density at radius 1 is 0.811 bits per heavy atom. The molecule has 0 unspecified atom stereocenters. The molecule has 194 valence electrons. The fraction of sp³-hybridized carbons (Fsp3) is 0.394. The van der Waals surface area contributed by atoms with Crippen LogP contribution in [0.5, 0.6) is 0 Å². The molecule has 1 aliphatic carbocycles. The van der Waals surface area contributed by atoms with Crippen molar-refractivity contribution in [3.63, 3.8) is 0 Å². The summed E-state index contributed by atoms with van der Waals surface area (Å²) < 4.78 is 0. The highest BCUT2D eigenvalue weighted by Gasteiger charge is 2.32. The first kappa shape index (κ1) is 26.7. The Morgan fingerprint density at radius 3 is 2.16 bits per heavy atom. The summed E-state index contributed by atoms with van der Waals surface area (Å²) >= 11 is 0. The van der Waals surface area contributed by atoms with Gasteiger partial charge < -0.3 is 10.2 Å². The van der Waals surface area contributed by atoms with E-state index in [1.165, 1.54) is 23.1 Å². The molecular formula is C33H40N2O2. The zero-order chi connectivity index (χ0) is 26.2. The lowest BCUT2D eigenvalue weighted by atomic mass is 9.94. The molecule has 1 atom stereocenters. The van der Waals surface area contributed by atoms with Crippen LogP contribution in [0.4, 0.5) is 0 Å². The number of hydrogen-bond donors (Lipinski definition) is 1. The first-order valence-corrected chi connectivity index (χ1v) is 13.6. The second kappa shape index (κ2) is 12.7. The number of nitrogens with one attached hydrogen (secondary N) is 1. The number of carbonyl (C=O) groups excluding carboxylic acids is 2. The first-order chi connectivity index (χ1) is 17.9. The predicted molar refractivity (Wildman–Crippen MR) is 150 cm³/mol. The third kappa shape index (κ3) is 7.55. The molecule has 4 nitrogen and oxygen atoms in total. The Morgan fingerprint density at radius 2 is 1.49 bits per heavy atom. The van der Waals surface area contributed by atoms with E-state index in [9.17, 15) is 9.59 Å². The summed E-state index contributed by atoms with van der Waals surface area (Å²) in [6, 6.07) is 24.1. The van der Waals surface area contributed by atoms with Gasteiger partial charge in [-0.25, -0.2) is 0 Å². The fourth-order valence-corrected chi connectivity index (χ4v) is 5.18. The van der Waals surface area contributed by atoms with Crippen LogP contribution in [0, 0.1) is 20.8 Å². The van der Waals surface area contributed by atoms with Crippen molar-refractivity contribution >= 4 is 11.8 Å². The van der Waals surface area contributed by atoms with Gasteiger partial charge >= 0.3 is 0 Å². The smallest absolute Gasteiger partial charge is 0.243 e. The molecule has 1 N–H and O–H groups in total. The van der Waals surface area contributed by atoms with Gasteiger partial charge in [-0.1, -0.05) is 97.6 Å².